The summed E-state index contributed by atoms with van der Waals surface area (Å²) in [6.07, 6.45) is 9.20. The molecule has 1 saturated heterocycles. The van der Waals surface area contributed by atoms with Crippen LogP contribution in [0.25, 0.3) is 11.1 Å². The number of nitrogens with two attached hydrogens (primary N) is 1. The van der Waals surface area contributed by atoms with E-state index in [1.807, 2.05) is 25.5 Å². The lowest BCUT2D eigenvalue weighted by Gasteiger charge is -2.32. The van der Waals surface area contributed by atoms with Crippen LogP contribution in [-0.4, -0.2) is 43.9 Å². The molecule has 3 N–H and O–H groups in total. The molecule has 142 valence electrons. The molecule has 4 rings (SSSR count). The molecule has 1 aliphatic rings. The predicted octanol–water partition coefficient (Wildman–Crippen LogP) is 1.81. The van der Waals surface area contributed by atoms with E-state index in [0.717, 1.165) is 48.6 Å². The molecule has 1 aliphatic heterocycles. The molecule has 0 aliphatic carbocycles. The van der Waals surface area contributed by atoms with Crippen LogP contribution in [0.3, 0.4) is 0 Å². The quantitative estimate of drug-likeness (QED) is 0.708. The van der Waals surface area contributed by atoms with Crippen molar-refractivity contribution in [3.63, 3.8) is 0 Å². The van der Waals surface area contributed by atoms with E-state index >= 15 is 0 Å². The Balaban J connectivity index is 1.68. The number of nitrogens with one attached hydrogen (secondary N) is 1. The van der Waals surface area contributed by atoms with Crippen LogP contribution < -0.4 is 16.0 Å². The first-order chi connectivity index (χ1) is 13.6. The molecule has 3 aromatic rings. The van der Waals surface area contributed by atoms with Gasteiger partial charge in [-0.3, -0.25) is 4.68 Å². The molecule has 28 heavy (non-hydrogen) atoms. The molecule has 4 heterocycles. The summed E-state index contributed by atoms with van der Waals surface area (Å²) >= 11 is 0. The van der Waals surface area contributed by atoms with Crippen LogP contribution >= 0.6 is 0 Å². The van der Waals surface area contributed by atoms with Crippen LogP contribution in [0.1, 0.15) is 18.5 Å². The van der Waals surface area contributed by atoms with Crippen molar-refractivity contribution >= 4 is 17.5 Å². The van der Waals surface area contributed by atoms with E-state index in [1.54, 1.807) is 29.2 Å². The van der Waals surface area contributed by atoms with Gasteiger partial charge in [-0.25, -0.2) is 9.97 Å². The summed E-state index contributed by atoms with van der Waals surface area (Å²) in [7, 11) is 1.88. The summed E-state index contributed by atoms with van der Waals surface area (Å²) in [5.74, 6) is 1.30. The van der Waals surface area contributed by atoms with E-state index in [9.17, 15) is 0 Å². The van der Waals surface area contributed by atoms with Gasteiger partial charge in [0.15, 0.2) is 0 Å². The topological polar surface area (TPSA) is 122 Å². The van der Waals surface area contributed by atoms with E-state index < -0.39 is 0 Å². The minimum atomic E-state index is 0.129. The maximum Gasteiger partial charge on any atom is 0.229 e. The highest BCUT2D eigenvalue weighted by Gasteiger charge is 2.22. The Bertz CT molecular complexity index is 1000. The molecule has 9 nitrogen and oxygen atoms in total. The molecule has 9 heteroatoms. The number of aromatic nitrogens is 5. The van der Waals surface area contributed by atoms with E-state index in [1.165, 1.54) is 0 Å². The minimum absolute atomic E-state index is 0.129. The number of nitriles is 1. The zero-order valence-electron chi connectivity index (χ0n) is 15.6. The lowest BCUT2D eigenvalue weighted by Crippen LogP contribution is -2.43. The van der Waals surface area contributed by atoms with Gasteiger partial charge in [0, 0.05) is 49.7 Å². The fraction of sp³-hybridized carbons (Fsp3) is 0.316. The van der Waals surface area contributed by atoms with Gasteiger partial charge in [0.25, 0.3) is 0 Å². The average molecular weight is 375 g/mol. The molecule has 1 fully saturated rings. The summed E-state index contributed by atoms with van der Waals surface area (Å²) < 4.78 is 1.76. The van der Waals surface area contributed by atoms with E-state index in [0.29, 0.717) is 11.6 Å². The fourth-order valence-electron chi connectivity index (χ4n) is 3.30. The van der Waals surface area contributed by atoms with Crippen LogP contribution in [0.5, 0.6) is 0 Å². The lowest BCUT2D eigenvalue weighted by atomic mass is 10.1. The largest absolute Gasteiger partial charge is 0.354 e. The zero-order chi connectivity index (χ0) is 19.5. The molecule has 0 spiro atoms. The highest BCUT2D eigenvalue weighted by atomic mass is 15.3. The number of piperidine rings is 1. The Labute approximate surface area is 162 Å². The number of nitrogens with zero attached hydrogens (tertiary/aromatic N) is 7. The highest BCUT2D eigenvalue weighted by Crippen LogP contribution is 2.31. The molecular formula is C19H21N9. The van der Waals surface area contributed by atoms with Crippen molar-refractivity contribution in [1.29, 1.82) is 5.26 Å². The Morgan fingerprint density at radius 1 is 1.25 bits per heavy atom. The molecule has 0 bridgehead atoms. The van der Waals surface area contributed by atoms with Crippen LogP contribution in [0, 0.1) is 11.3 Å². The van der Waals surface area contributed by atoms with Gasteiger partial charge < -0.3 is 16.0 Å². The van der Waals surface area contributed by atoms with Crippen molar-refractivity contribution in [3.8, 4) is 17.2 Å². The van der Waals surface area contributed by atoms with E-state index in [-0.39, 0.29) is 6.04 Å². The van der Waals surface area contributed by atoms with Gasteiger partial charge in [0.05, 0.1) is 18.1 Å². The normalized spacial score (nSPS) is 16.6. The van der Waals surface area contributed by atoms with Crippen molar-refractivity contribution in [2.24, 2.45) is 12.8 Å². The van der Waals surface area contributed by atoms with Crippen molar-refractivity contribution in [1.82, 2.24) is 24.7 Å². The predicted molar refractivity (Wildman–Crippen MR) is 106 cm³/mol. The number of aryl methyl sites for hydroxylation is 1. The molecule has 1 atom stereocenters. The molecule has 0 aromatic carbocycles. The summed E-state index contributed by atoms with van der Waals surface area (Å²) in [4.78, 5) is 15.5. The Morgan fingerprint density at radius 3 is 2.82 bits per heavy atom. The number of hydrogen-bond donors (Lipinski definition) is 2. The molecule has 0 radical (unpaired) electrons. The lowest BCUT2D eigenvalue weighted by molar-refractivity contribution is 0.503. The zero-order valence-corrected chi connectivity index (χ0v) is 15.6. The number of pyridine rings is 1. The second-order valence-electron chi connectivity index (χ2n) is 6.85. The van der Waals surface area contributed by atoms with Gasteiger partial charge in [0.1, 0.15) is 17.6 Å². The van der Waals surface area contributed by atoms with E-state index in [4.69, 9.17) is 16.0 Å². The van der Waals surface area contributed by atoms with Gasteiger partial charge in [-0.15, -0.1) is 0 Å². The number of hydrogen-bond acceptors (Lipinski definition) is 8. The second kappa shape index (κ2) is 7.62. The Morgan fingerprint density at radius 2 is 2.14 bits per heavy atom. The third kappa shape index (κ3) is 3.77. The van der Waals surface area contributed by atoms with Crippen LogP contribution in [0.4, 0.5) is 17.5 Å². The SMILES string of the molecule is Cn1cc(-c2cnc(Nc3ccc(C#N)nc3)nc2N2CCC[C@@H](N)C2)cn1. The van der Waals surface area contributed by atoms with Crippen LogP contribution in [0.2, 0.25) is 0 Å². The Kier molecular flexibility index (Phi) is 4.87. The monoisotopic (exact) mass is 375 g/mol. The smallest absolute Gasteiger partial charge is 0.229 e. The summed E-state index contributed by atoms with van der Waals surface area (Å²) in [6.45, 7) is 1.65. The van der Waals surface area contributed by atoms with Crippen molar-refractivity contribution < 1.29 is 0 Å². The van der Waals surface area contributed by atoms with Crippen LogP contribution in [0.15, 0.2) is 36.9 Å². The fourth-order valence-corrected chi connectivity index (χ4v) is 3.30. The molecule has 0 saturated carbocycles. The number of anilines is 3. The first-order valence-corrected chi connectivity index (χ1v) is 9.12. The summed E-state index contributed by atoms with van der Waals surface area (Å²) in [6, 6.07) is 5.56. The summed E-state index contributed by atoms with van der Waals surface area (Å²) in [5.41, 5.74) is 9.16. The molecular weight excluding hydrogens is 354 g/mol. The van der Waals surface area contributed by atoms with Gasteiger partial charge in [0.2, 0.25) is 5.95 Å². The third-order valence-electron chi connectivity index (χ3n) is 4.68. The number of rotatable bonds is 4. The molecule has 3 aromatic heterocycles. The second-order valence-corrected chi connectivity index (χ2v) is 6.85. The average Bonchev–Trinajstić information content (AvgIpc) is 3.15. The minimum Gasteiger partial charge on any atom is -0.354 e. The molecule has 0 amide bonds. The van der Waals surface area contributed by atoms with Crippen molar-refractivity contribution in [3.05, 3.63) is 42.6 Å². The van der Waals surface area contributed by atoms with Gasteiger partial charge in [-0.2, -0.15) is 15.3 Å². The maximum absolute atomic E-state index is 8.88. The maximum atomic E-state index is 8.88. The standard InChI is InChI=1S/C19H21N9/c1-27-11-13(8-24-27)17-10-23-19(25-16-5-4-15(7-20)22-9-16)26-18(17)28-6-2-3-14(21)12-28/h4-5,8-11,14H,2-3,6,12,21H2,1H3,(H,23,25,26)/t14-/m1/s1. The third-order valence-corrected chi connectivity index (χ3v) is 4.68. The van der Waals surface area contributed by atoms with Crippen LogP contribution in [-0.2, 0) is 7.05 Å². The highest BCUT2D eigenvalue weighted by molar-refractivity contribution is 5.75. The van der Waals surface area contributed by atoms with E-state index in [2.05, 4.69) is 25.3 Å². The summed E-state index contributed by atoms with van der Waals surface area (Å²) in [5, 5.41) is 16.3. The van der Waals surface area contributed by atoms with Gasteiger partial charge in [-0.1, -0.05) is 0 Å². The first kappa shape index (κ1) is 17.9. The molecule has 0 unspecified atom stereocenters. The van der Waals surface area contributed by atoms with Crippen molar-refractivity contribution in [2.45, 2.75) is 18.9 Å². The van der Waals surface area contributed by atoms with Crippen molar-refractivity contribution in [2.75, 3.05) is 23.3 Å². The first-order valence-electron chi connectivity index (χ1n) is 9.12. The van der Waals surface area contributed by atoms with Gasteiger partial charge in [-0.05, 0) is 25.0 Å². The Hall–Kier alpha value is -3.51. The van der Waals surface area contributed by atoms with Gasteiger partial charge >= 0.3 is 0 Å².